The number of rotatable bonds is 5. The molecule has 0 spiro atoms. The smallest absolute Gasteiger partial charge is 0.129 e. The molecule has 0 bridgehead atoms. The Balaban J connectivity index is 1.23. The number of ether oxygens (including phenoxy) is 1. The van der Waals surface area contributed by atoms with Crippen LogP contribution in [-0.4, -0.2) is 61.3 Å². The van der Waals surface area contributed by atoms with E-state index < -0.39 is 0 Å². The fourth-order valence-corrected chi connectivity index (χ4v) is 8.60. The predicted octanol–water partition coefficient (Wildman–Crippen LogP) is 4.65. The van der Waals surface area contributed by atoms with Crippen molar-refractivity contribution in [3.8, 4) is 0 Å². The summed E-state index contributed by atoms with van der Waals surface area (Å²) < 4.78 is 5.43. The van der Waals surface area contributed by atoms with E-state index in [9.17, 15) is 5.11 Å². The van der Waals surface area contributed by atoms with E-state index in [0.29, 0.717) is 23.4 Å². The van der Waals surface area contributed by atoms with Gasteiger partial charge in [0.15, 0.2) is 0 Å². The lowest BCUT2D eigenvalue weighted by Gasteiger charge is -2.58. The lowest BCUT2D eigenvalue weighted by molar-refractivity contribution is -0.0480. The maximum atomic E-state index is 10.2. The molecule has 5 nitrogen and oxygen atoms in total. The number of oxime groups is 1. The van der Waals surface area contributed by atoms with Gasteiger partial charge < -0.3 is 14.7 Å². The van der Waals surface area contributed by atoms with E-state index in [0.717, 1.165) is 57.0 Å². The summed E-state index contributed by atoms with van der Waals surface area (Å²) in [5.41, 5.74) is 3.49. The average molecular weight is 445 g/mol. The standard InChI is InChI=1S/C27H44N2O3/c1-19(28-32-17-14-29-12-15-31-16-13-29)23-6-7-24-22-5-4-20-18-21(30)8-10-26(20,2)25(22)9-11-27(23,24)3/h18,21-25,30H,4-17H2,1-3H3/b28-19+/t21?,22-,23+,24-,25-,26-,27+/m0/s1. The first-order chi connectivity index (χ1) is 15.4. The maximum absolute atomic E-state index is 10.2. The molecule has 0 aromatic heterocycles. The van der Waals surface area contributed by atoms with E-state index in [2.05, 4.69) is 36.9 Å². The first kappa shape index (κ1) is 22.9. The molecule has 5 rings (SSSR count). The van der Waals surface area contributed by atoms with Crippen LogP contribution in [0.1, 0.15) is 72.1 Å². The highest BCUT2D eigenvalue weighted by Gasteiger charge is 2.59. The first-order valence-electron chi connectivity index (χ1n) is 13.3. The van der Waals surface area contributed by atoms with Gasteiger partial charge in [0, 0.05) is 25.6 Å². The largest absolute Gasteiger partial charge is 0.394 e. The molecule has 0 radical (unpaired) electrons. The van der Waals surface area contributed by atoms with Crippen molar-refractivity contribution < 1.29 is 14.7 Å². The van der Waals surface area contributed by atoms with E-state index in [1.807, 2.05) is 0 Å². The van der Waals surface area contributed by atoms with E-state index in [4.69, 9.17) is 9.57 Å². The van der Waals surface area contributed by atoms with E-state index in [1.54, 1.807) is 5.57 Å². The highest BCUT2D eigenvalue weighted by molar-refractivity contribution is 5.85. The summed E-state index contributed by atoms with van der Waals surface area (Å²) in [7, 11) is 0. The Morgan fingerprint density at radius 3 is 2.75 bits per heavy atom. The molecule has 1 aliphatic heterocycles. The van der Waals surface area contributed by atoms with E-state index in [-0.39, 0.29) is 6.10 Å². The Bertz CT molecular complexity index is 745. The van der Waals surface area contributed by atoms with Crippen LogP contribution >= 0.6 is 0 Å². The summed E-state index contributed by atoms with van der Waals surface area (Å²) in [5, 5.41) is 14.8. The third-order valence-electron chi connectivity index (χ3n) is 10.4. The van der Waals surface area contributed by atoms with Crippen molar-refractivity contribution in [3.05, 3.63) is 11.6 Å². The second-order valence-electron chi connectivity index (χ2n) is 11.8. The summed E-state index contributed by atoms with van der Waals surface area (Å²) in [6, 6.07) is 0. The van der Waals surface area contributed by atoms with Gasteiger partial charge in [-0.1, -0.05) is 30.7 Å². The molecule has 0 amide bonds. The van der Waals surface area contributed by atoms with Crippen molar-refractivity contribution in [3.63, 3.8) is 0 Å². The topological polar surface area (TPSA) is 54.3 Å². The summed E-state index contributed by atoms with van der Waals surface area (Å²) >= 11 is 0. The first-order valence-corrected chi connectivity index (χ1v) is 13.3. The molecule has 4 aliphatic carbocycles. The van der Waals surface area contributed by atoms with Crippen molar-refractivity contribution >= 4 is 5.71 Å². The number of hydrogen-bond donors (Lipinski definition) is 1. The minimum Gasteiger partial charge on any atom is -0.394 e. The molecule has 180 valence electrons. The van der Waals surface area contributed by atoms with Gasteiger partial charge in [-0.25, -0.2) is 0 Å². The number of nitrogens with zero attached hydrogens (tertiary/aromatic N) is 2. The zero-order chi connectivity index (χ0) is 22.3. The second-order valence-corrected chi connectivity index (χ2v) is 11.8. The van der Waals surface area contributed by atoms with Crippen LogP contribution in [-0.2, 0) is 9.57 Å². The molecule has 1 N–H and O–H groups in total. The Morgan fingerprint density at radius 1 is 1.12 bits per heavy atom. The zero-order valence-corrected chi connectivity index (χ0v) is 20.5. The quantitative estimate of drug-likeness (QED) is 0.290. The van der Waals surface area contributed by atoms with Crippen LogP contribution in [0, 0.1) is 34.5 Å². The highest BCUT2D eigenvalue weighted by Crippen LogP contribution is 2.66. The van der Waals surface area contributed by atoms with Crippen LogP contribution in [0.15, 0.2) is 16.8 Å². The Labute approximate surface area is 194 Å². The maximum Gasteiger partial charge on any atom is 0.129 e. The van der Waals surface area contributed by atoms with Gasteiger partial charge in [0.2, 0.25) is 0 Å². The molecule has 1 unspecified atom stereocenters. The number of allylic oxidation sites excluding steroid dienone is 1. The molecular formula is C27H44N2O3. The van der Waals surface area contributed by atoms with Crippen LogP contribution < -0.4 is 0 Å². The second kappa shape index (κ2) is 9.03. The molecule has 0 aromatic carbocycles. The molecule has 3 saturated carbocycles. The molecule has 32 heavy (non-hydrogen) atoms. The molecule has 5 heteroatoms. The van der Waals surface area contributed by atoms with Crippen LogP contribution in [0.2, 0.25) is 0 Å². The van der Waals surface area contributed by atoms with Crippen molar-refractivity contribution in [2.45, 2.75) is 78.2 Å². The number of fused-ring (bicyclic) bond motifs is 5. The molecule has 1 saturated heterocycles. The summed E-state index contributed by atoms with van der Waals surface area (Å²) in [6.07, 6.45) is 11.9. The van der Waals surface area contributed by atoms with Gasteiger partial charge in [-0.3, -0.25) is 4.90 Å². The van der Waals surface area contributed by atoms with Crippen LogP contribution in [0.25, 0.3) is 0 Å². The van der Waals surface area contributed by atoms with E-state index >= 15 is 0 Å². The number of morpholine rings is 1. The van der Waals surface area contributed by atoms with Gasteiger partial charge in [-0.15, -0.1) is 0 Å². The summed E-state index contributed by atoms with van der Waals surface area (Å²) in [6.45, 7) is 12.6. The summed E-state index contributed by atoms with van der Waals surface area (Å²) in [5.74, 6) is 3.02. The third-order valence-corrected chi connectivity index (χ3v) is 10.4. The van der Waals surface area contributed by atoms with Gasteiger partial charge >= 0.3 is 0 Å². The van der Waals surface area contributed by atoms with Crippen LogP contribution in [0.4, 0.5) is 0 Å². The molecule has 0 aromatic rings. The predicted molar refractivity (Wildman–Crippen MR) is 128 cm³/mol. The minimum atomic E-state index is -0.207. The van der Waals surface area contributed by atoms with Crippen molar-refractivity contribution in [1.82, 2.24) is 4.90 Å². The van der Waals surface area contributed by atoms with Gasteiger partial charge in [-0.05, 0) is 86.9 Å². The summed E-state index contributed by atoms with van der Waals surface area (Å²) in [4.78, 5) is 8.21. The van der Waals surface area contributed by atoms with Crippen LogP contribution in [0.3, 0.4) is 0 Å². The fraction of sp³-hybridized carbons (Fsp3) is 0.889. The molecule has 5 aliphatic rings. The number of aliphatic hydroxyl groups is 1. The highest BCUT2D eigenvalue weighted by atomic mass is 16.6. The molecular weight excluding hydrogens is 400 g/mol. The fourth-order valence-electron chi connectivity index (χ4n) is 8.60. The van der Waals surface area contributed by atoms with Crippen molar-refractivity contribution in [1.29, 1.82) is 0 Å². The Morgan fingerprint density at radius 2 is 1.94 bits per heavy atom. The average Bonchev–Trinajstić information content (AvgIpc) is 3.15. The molecule has 7 atom stereocenters. The normalized spacial score (nSPS) is 44.9. The third kappa shape index (κ3) is 3.96. The molecule has 4 fully saturated rings. The molecule has 1 heterocycles. The number of aliphatic hydroxyl groups excluding tert-OH is 1. The van der Waals surface area contributed by atoms with Gasteiger partial charge in [0.1, 0.15) is 6.61 Å². The lowest BCUT2D eigenvalue weighted by atomic mass is 9.46. The monoisotopic (exact) mass is 444 g/mol. The van der Waals surface area contributed by atoms with Crippen LogP contribution in [0.5, 0.6) is 0 Å². The minimum absolute atomic E-state index is 0.207. The lowest BCUT2D eigenvalue weighted by Crippen LogP contribution is -2.51. The van der Waals surface area contributed by atoms with Crippen molar-refractivity contribution in [2.75, 3.05) is 39.5 Å². The zero-order valence-electron chi connectivity index (χ0n) is 20.5. The van der Waals surface area contributed by atoms with Crippen molar-refractivity contribution in [2.24, 2.45) is 39.7 Å². The Kier molecular flexibility index (Phi) is 6.45. The van der Waals surface area contributed by atoms with Gasteiger partial charge in [0.25, 0.3) is 0 Å². The van der Waals surface area contributed by atoms with E-state index in [1.165, 1.54) is 50.7 Å². The van der Waals surface area contributed by atoms with Gasteiger partial charge in [0.05, 0.1) is 25.0 Å². The number of hydrogen-bond acceptors (Lipinski definition) is 5. The Hall–Kier alpha value is -0.910. The SMILES string of the molecule is C/C(=N\OCCN1CCOCC1)[C@H]1CC[C@H]2[C@@H]3CCC4=CC(O)CC[C@]4(C)[C@H]3CC[C@]12C. The van der Waals surface area contributed by atoms with Gasteiger partial charge in [-0.2, -0.15) is 0 Å².